The van der Waals surface area contributed by atoms with Crippen molar-refractivity contribution >= 4 is 49.1 Å². The molecule has 0 saturated heterocycles. The van der Waals surface area contributed by atoms with Gasteiger partial charge in [0.05, 0.1) is 10.6 Å². The van der Waals surface area contributed by atoms with Crippen LogP contribution < -0.4 is 10.1 Å². The largest absolute Gasteiger partial charge is 0.484 e. The third kappa shape index (κ3) is 4.77. The van der Waals surface area contributed by atoms with Crippen LogP contribution in [0.15, 0.2) is 45.3 Å². The molecule has 0 aliphatic carbocycles. The normalized spacial score (nSPS) is 10.2. The molecule has 23 heavy (non-hydrogen) atoms. The Bertz CT molecular complexity index is 725. The smallest absolute Gasteiger partial charge is 0.269 e. The van der Waals surface area contributed by atoms with Crippen LogP contribution in [0.25, 0.3) is 0 Å². The van der Waals surface area contributed by atoms with Gasteiger partial charge < -0.3 is 10.1 Å². The van der Waals surface area contributed by atoms with Crippen molar-refractivity contribution in [1.29, 1.82) is 0 Å². The second kappa shape index (κ2) is 7.56. The summed E-state index contributed by atoms with van der Waals surface area (Å²) in [6, 6.07) is 9.31. The Kier molecular flexibility index (Phi) is 5.73. The van der Waals surface area contributed by atoms with E-state index in [9.17, 15) is 14.9 Å². The second-order valence-corrected chi connectivity index (χ2v) is 6.40. The second-order valence-electron chi connectivity index (χ2n) is 4.69. The zero-order valence-electron chi connectivity index (χ0n) is 12.0. The van der Waals surface area contributed by atoms with Crippen LogP contribution in [0.5, 0.6) is 5.75 Å². The van der Waals surface area contributed by atoms with Gasteiger partial charge in [-0.2, -0.15) is 0 Å². The zero-order chi connectivity index (χ0) is 17.0. The quantitative estimate of drug-likeness (QED) is 0.546. The number of rotatable bonds is 5. The van der Waals surface area contributed by atoms with E-state index in [0.29, 0.717) is 11.4 Å². The summed E-state index contributed by atoms with van der Waals surface area (Å²) in [5, 5.41) is 13.3. The molecule has 6 nitrogen and oxygen atoms in total. The number of benzene rings is 2. The fourth-order valence-corrected chi connectivity index (χ4v) is 3.42. The van der Waals surface area contributed by atoms with Crippen LogP contribution >= 0.6 is 31.9 Å². The molecule has 0 saturated carbocycles. The third-order valence-corrected chi connectivity index (χ3v) is 4.12. The average Bonchev–Trinajstić information content (AvgIpc) is 2.49. The topological polar surface area (TPSA) is 81.5 Å². The van der Waals surface area contributed by atoms with Crippen molar-refractivity contribution in [3.05, 3.63) is 61.0 Å². The number of nitro benzene ring substituents is 1. The summed E-state index contributed by atoms with van der Waals surface area (Å²) in [5.41, 5.74) is 1.63. The first-order valence-electron chi connectivity index (χ1n) is 6.49. The molecule has 2 aromatic rings. The summed E-state index contributed by atoms with van der Waals surface area (Å²) in [6.07, 6.45) is 0. The summed E-state index contributed by atoms with van der Waals surface area (Å²) in [5.74, 6) is 0.0430. The number of nitrogens with zero attached hydrogens (tertiary/aromatic N) is 1. The molecule has 2 aromatic carbocycles. The van der Waals surface area contributed by atoms with Gasteiger partial charge in [-0.25, -0.2) is 0 Å². The van der Waals surface area contributed by atoms with E-state index in [1.165, 1.54) is 24.3 Å². The van der Waals surface area contributed by atoms with Gasteiger partial charge >= 0.3 is 0 Å². The van der Waals surface area contributed by atoms with E-state index in [-0.39, 0.29) is 18.2 Å². The van der Waals surface area contributed by atoms with E-state index >= 15 is 0 Å². The lowest BCUT2D eigenvalue weighted by atomic mass is 10.2. The Morgan fingerprint density at radius 2 is 1.78 bits per heavy atom. The van der Waals surface area contributed by atoms with E-state index in [1.54, 1.807) is 0 Å². The van der Waals surface area contributed by atoms with Gasteiger partial charge in [-0.3, -0.25) is 14.9 Å². The number of nitrogens with one attached hydrogen (secondary N) is 1. The molecule has 0 aliphatic heterocycles. The van der Waals surface area contributed by atoms with E-state index in [1.807, 2.05) is 19.1 Å². The van der Waals surface area contributed by atoms with Crippen molar-refractivity contribution in [2.24, 2.45) is 0 Å². The highest BCUT2D eigenvalue weighted by Crippen LogP contribution is 2.32. The van der Waals surface area contributed by atoms with Crippen molar-refractivity contribution in [2.45, 2.75) is 6.92 Å². The molecule has 8 heteroatoms. The molecule has 1 amide bonds. The molecular formula is C15H12Br2N2O4. The molecule has 0 unspecified atom stereocenters. The number of halogens is 2. The lowest BCUT2D eigenvalue weighted by Crippen LogP contribution is -2.20. The number of non-ortho nitro benzene ring substituents is 1. The number of hydrogen-bond acceptors (Lipinski definition) is 4. The zero-order valence-corrected chi connectivity index (χ0v) is 15.2. The van der Waals surface area contributed by atoms with Crippen molar-refractivity contribution in [3.63, 3.8) is 0 Å². The lowest BCUT2D eigenvalue weighted by Gasteiger charge is -2.11. The van der Waals surface area contributed by atoms with Crippen LogP contribution in [0, 0.1) is 17.0 Å². The van der Waals surface area contributed by atoms with Gasteiger partial charge in [-0.15, -0.1) is 0 Å². The molecule has 0 fully saturated rings. The maximum absolute atomic E-state index is 12.0. The van der Waals surface area contributed by atoms with E-state index in [4.69, 9.17) is 4.74 Å². The number of nitro groups is 1. The number of amides is 1. The van der Waals surface area contributed by atoms with Crippen LogP contribution in [0.1, 0.15) is 5.56 Å². The molecule has 120 valence electrons. The van der Waals surface area contributed by atoms with E-state index in [0.717, 1.165) is 14.5 Å². The van der Waals surface area contributed by atoms with E-state index < -0.39 is 4.92 Å². The summed E-state index contributed by atoms with van der Waals surface area (Å²) in [7, 11) is 0. The number of aryl methyl sites for hydroxylation is 1. The number of carbonyl (C=O) groups excluding carboxylic acids is 1. The molecule has 0 heterocycles. The standard InChI is InChI=1S/C15H12Br2N2O4/c1-9-6-12(16)15(13(17)7-9)18-14(20)8-23-11-4-2-10(3-5-11)19(21)22/h2-7H,8H2,1H3,(H,18,20). The highest BCUT2D eigenvalue weighted by Gasteiger charge is 2.11. The number of hydrogen-bond donors (Lipinski definition) is 1. The molecule has 0 spiro atoms. The predicted molar refractivity (Wildman–Crippen MR) is 93.8 cm³/mol. The molecule has 0 radical (unpaired) electrons. The van der Waals surface area contributed by atoms with Crippen LogP contribution in [0.2, 0.25) is 0 Å². The fourth-order valence-electron chi connectivity index (χ4n) is 1.81. The first kappa shape index (κ1) is 17.4. The Labute approximate surface area is 149 Å². The minimum Gasteiger partial charge on any atom is -0.484 e. The molecule has 2 rings (SSSR count). The van der Waals surface area contributed by atoms with Gasteiger partial charge in [0, 0.05) is 21.1 Å². The number of carbonyl (C=O) groups is 1. The first-order valence-corrected chi connectivity index (χ1v) is 8.08. The summed E-state index contributed by atoms with van der Waals surface area (Å²) >= 11 is 6.79. The Morgan fingerprint density at radius 1 is 1.22 bits per heavy atom. The summed E-state index contributed by atoms with van der Waals surface area (Å²) in [4.78, 5) is 22.0. The van der Waals surface area contributed by atoms with Crippen molar-refractivity contribution < 1.29 is 14.5 Å². The minimum atomic E-state index is -0.497. The molecular weight excluding hydrogens is 432 g/mol. The number of anilines is 1. The van der Waals surface area contributed by atoms with E-state index in [2.05, 4.69) is 37.2 Å². The summed E-state index contributed by atoms with van der Waals surface area (Å²) in [6.45, 7) is 1.74. The third-order valence-electron chi connectivity index (χ3n) is 2.87. The molecule has 0 atom stereocenters. The molecule has 1 N–H and O–H groups in total. The highest BCUT2D eigenvalue weighted by molar-refractivity contribution is 9.11. The van der Waals surface area contributed by atoms with Gasteiger partial charge in [0.2, 0.25) is 0 Å². The Hall–Kier alpha value is -1.93. The SMILES string of the molecule is Cc1cc(Br)c(NC(=O)COc2ccc([N+](=O)[O-])cc2)c(Br)c1. The van der Waals surface area contributed by atoms with Crippen molar-refractivity contribution in [1.82, 2.24) is 0 Å². The monoisotopic (exact) mass is 442 g/mol. The number of ether oxygens (including phenoxy) is 1. The Morgan fingerprint density at radius 3 is 2.30 bits per heavy atom. The van der Waals surface area contributed by atoms with Crippen molar-refractivity contribution in [2.75, 3.05) is 11.9 Å². The first-order chi connectivity index (χ1) is 10.9. The molecule has 0 aliphatic rings. The lowest BCUT2D eigenvalue weighted by molar-refractivity contribution is -0.384. The Balaban J connectivity index is 1.96. The van der Waals surface area contributed by atoms with Gasteiger partial charge in [-0.05, 0) is 68.6 Å². The van der Waals surface area contributed by atoms with Crippen LogP contribution in [-0.2, 0) is 4.79 Å². The van der Waals surface area contributed by atoms with Gasteiger partial charge in [0.25, 0.3) is 11.6 Å². The summed E-state index contributed by atoms with van der Waals surface area (Å²) < 4.78 is 6.83. The predicted octanol–water partition coefficient (Wildman–Crippen LogP) is 4.45. The van der Waals surface area contributed by atoms with Gasteiger partial charge in [0.1, 0.15) is 5.75 Å². The van der Waals surface area contributed by atoms with Gasteiger partial charge in [-0.1, -0.05) is 0 Å². The van der Waals surface area contributed by atoms with Crippen molar-refractivity contribution in [3.8, 4) is 5.75 Å². The molecule has 0 aromatic heterocycles. The highest BCUT2D eigenvalue weighted by atomic mass is 79.9. The van der Waals surface area contributed by atoms with Gasteiger partial charge in [0.15, 0.2) is 6.61 Å². The van der Waals surface area contributed by atoms with Crippen LogP contribution in [0.4, 0.5) is 11.4 Å². The minimum absolute atomic E-state index is 0.0330. The molecule has 0 bridgehead atoms. The average molecular weight is 444 g/mol. The van der Waals surface area contributed by atoms with Crippen LogP contribution in [-0.4, -0.2) is 17.4 Å². The van der Waals surface area contributed by atoms with Crippen LogP contribution in [0.3, 0.4) is 0 Å². The maximum Gasteiger partial charge on any atom is 0.269 e. The maximum atomic E-state index is 12.0. The fraction of sp³-hybridized carbons (Fsp3) is 0.133.